The molecule has 0 spiro atoms. The molecule has 31 heavy (non-hydrogen) atoms. The molecule has 0 aliphatic rings. The van der Waals surface area contributed by atoms with E-state index < -0.39 is 23.6 Å². The van der Waals surface area contributed by atoms with Crippen molar-refractivity contribution >= 4 is 45.6 Å². The van der Waals surface area contributed by atoms with Crippen LogP contribution in [0.15, 0.2) is 82.4 Å². The lowest BCUT2D eigenvalue weighted by atomic mass is 10.2. The average molecular weight is 484 g/mol. The van der Waals surface area contributed by atoms with E-state index in [1.807, 2.05) is 0 Å². The van der Waals surface area contributed by atoms with E-state index in [0.717, 1.165) is 16.6 Å². The molecule has 0 aliphatic heterocycles. The second-order valence-electron chi connectivity index (χ2n) is 6.13. The number of esters is 1. The van der Waals surface area contributed by atoms with Crippen LogP contribution in [0.4, 0.5) is 10.1 Å². The Morgan fingerprint density at radius 2 is 1.65 bits per heavy atom. The highest BCUT2D eigenvalue weighted by Gasteiger charge is 2.13. The van der Waals surface area contributed by atoms with Crippen LogP contribution in [0.3, 0.4) is 0 Å². The van der Waals surface area contributed by atoms with Gasteiger partial charge in [0, 0.05) is 10.2 Å². The zero-order valence-electron chi connectivity index (χ0n) is 15.8. The van der Waals surface area contributed by atoms with Gasteiger partial charge in [0.05, 0.1) is 11.8 Å². The number of rotatable bonds is 5. The van der Waals surface area contributed by atoms with E-state index in [1.165, 1.54) is 18.3 Å². The lowest BCUT2D eigenvalue weighted by Crippen LogP contribution is -2.32. The number of benzene rings is 3. The molecule has 7 nitrogen and oxygen atoms in total. The Bertz CT molecular complexity index is 1130. The molecular formula is C22H15BrFN3O4. The summed E-state index contributed by atoms with van der Waals surface area (Å²) in [5.74, 6) is -2.55. The van der Waals surface area contributed by atoms with Crippen LogP contribution in [0.5, 0.6) is 5.75 Å². The molecule has 3 aromatic rings. The summed E-state index contributed by atoms with van der Waals surface area (Å²) in [6.45, 7) is 0. The van der Waals surface area contributed by atoms with E-state index in [1.54, 1.807) is 48.5 Å². The summed E-state index contributed by atoms with van der Waals surface area (Å²) >= 11 is 3.30. The third-order valence-corrected chi connectivity index (χ3v) is 4.33. The van der Waals surface area contributed by atoms with Crippen LogP contribution in [0.1, 0.15) is 15.9 Å². The van der Waals surface area contributed by atoms with Crippen molar-refractivity contribution in [3.05, 3.63) is 94.2 Å². The topological polar surface area (TPSA) is 96.9 Å². The SMILES string of the molecule is O=C(N/N=C/c1ccc(OC(=O)c2cccc(Br)c2)cc1)C(=O)Nc1ccc(F)cc1. The molecule has 3 rings (SSSR count). The molecule has 0 bridgehead atoms. The van der Waals surface area contributed by atoms with Crippen molar-refractivity contribution in [3.8, 4) is 5.75 Å². The summed E-state index contributed by atoms with van der Waals surface area (Å²) in [5, 5.41) is 6.03. The summed E-state index contributed by atoms with van der Waals surface area (Å²) in [4.78, 5) is 35.7. The zero-order valence-corrected chi connectivity index (χ0v) is 17.4. The number of anilines is 1. The van der Waals surface area contributed by atoms with Gasteiger partial charge in [-0.25, -0.2) is 14.6 Å². The fourth-order valence-electron chi connectivity index (χ4n) is 2.34. The normalized spacial score (nSPS) is 10.5. The van der Waals surface area contributed by atoms with Gasteiger partial charge in [-0.15, -0.1) is 0 Å². The number of amides is 2. The van der Waals surface area contributed by atoms with Crippen molar-refractivity contribution in [1.82, 2.24) is 5.43 Å². The molecule has 0 aliphatic carbocycles. The number of hydrogen-bond acceptors (Lipinski definition) is 5. The van der Waals surface area contributed by atoms with Gasteiger partial charge < -0.3 is 10.1 Å². The standard InChI is InChI=1S/C22H15BrFN3O4/c23-16-3-1-2-15(12-16)22(30)31-19-10-4-14(5-11-19)13-25-27-21(29)20(28)26-18-8-6-17(24)7-9-18/h1-13H,(H,26,28)(H,27,29)/b25-13+. The number of nitrogens with one attached hydrogen (secondary N) is 2. The maximum Gasteiger partial charge on any atom is 0.343 e. The maximum atomic E-state index is 12.9. The minimum Gasteiger partial charge on any atom is -0.423 e. The van der Waals surface area contributed by atoms with Crippen molar-refractivity contribution in [2.75, 3.05) is 5.32 Å². The highest BCUT2D eigenvalue weighted by Crippen LogP contribution is 2.16. The van der Waals surface area contributed by atoms with Crippen LogP contribution in [0.2, 0.25) is 0 Å². The Morgan fingerprint density at radius 1 is 0.935 bits per heavy atom. The Kier molecular flexibility index (Phi) is 7.23. The molecule has 0 atom stereocenters. The predicted molar refractivity (Wildman–Crippen MR) is 116 cm³/mol. The molecule has 2 N–H and O–H groups in total. The third-order valence-electron chi connectivity index (χ3n) is 3.84. The van der Waals surface area contributed by atoms with Gasteiger partial charge in [-0.2, -0.15) is 5.10 Å². The quantitative estimate of drug-likeness (QED) is 0.189. The van der Waals surface area contributed by atoms with E-state index in [-0.39, 0.29) is 5.69 Å². The van der Waals surface area contributed by atoms with Crippen LogP contribution in [0, 0.1) is 5.82 Å². The van der Waals surface area contributed by atoms with E-state index in [4.69, 9.17) is 4.74 Å². The summed E-state index contributed by atoms with van der Waals surface area (Å²) in [5.41, 5.74) is 3.37. The molecular weight excluding hydrogens is 469 g/mol. The molecule has 2 amide bonds. The van der Waals surface area contributed by atoms with Crippen molar-refractivity contribution in [1.29, 1.82) is 0 Å². The van der Waals surface area contributed by atoms with Gasteiger partial charge in [0.2, 0.25) is 0 Å². The van der Waals surface area contributed by atoms with Crippen LogP contribution in [-0.2, 0) is 9.59 Å². The number of ether oxygens (including phenoxy) is 1. The molecule has 9 heteroatoms. The first-order valence-electron chi connectivity index (χ1n) is 8.88. The number of carbonyl (C=O) groups excluding carboxylic acids is 3. The number of nitrogens with zero attached hydrogens (tertiary/aromatic N) is 1. The summed E-state index contributed by atoms with van der Waals surface area (Å²) in [6.07, 6.45) is 1.32. The second kappa shape index (κ2) is 10.3. The molecule has 0 radical (unpaired) electrons. The fraction of sp³-hybridized carbons (Fsp3) is 0. The Hall–Kier alpha value is -3.85. The van der Waals surface area contributed by atoms with Gasteiger partial charge in [-0.1, -0.05) is 22.0 Å². The Labute approximate surface area is 185 Å². The molecule has 0 heterocycles. The Balaban J connectivity index is 1.50. The fourth-order valence-corrected chi connectivity index (χ4v) is 2.74. The van der Waals surface area contributed by atoms with Gasteiger partial charge >= 0.3 is 17.8 Å². The van der Waals surface area contributed by atoms with Gasteiger partial charge in [0.1, 0.15) is 11.6 Å². The van der Waals surface area contributed by atoms with Crippen LogP contribution >= 0.6 is 15.9 Å². The first-order chi connectivity index (χ1) is 14.9. The minimum absolute atomic E-state index is 0.276. The molecule has 0 saturated heterocycles. The van der Waals surface area contributed by atoms with Crippen LogP contribution in [0.25, 0.3) is 0 Å². The predicted octanol–water partition coefficient (Wildman–Crippen LogP) is 3.90. The molecule has 0 saturated carbocycles. The number of hydrogen-bond donors (Lipinski definition) is 2. The molecule has 0 unspecified atom stereocenters. The van der Waals surface area contributed by atoms with Gasteiger partial charge in [0.25, 0.3) is 0 Å². The molecule has 0 aromatic heterocycles. The minimum atomic E-state index is -0.986. The highest BCUT2D eigenvalue weighted by molar-refractivity contribution is 9.10. The van der Waals surface area contributed by atoms with Gasteiger partial charge in [-0.05, 0) is 72.3 Å². The number of hydrazone groups is 1. The Morgan fingerprint density at radius 3 is 2.32 bits per heavy atom. The van der Waals surface area contributed by atoms with E-state index in [0.29, 0.717) is 16.9 Å². The first-order valence-corrected chi connectivity index (χ1v) is 9.68. The zero-order chi connectivity index (χ0) is 22.2. The van der Waals surface area contributed by atoms with Crippen LogP contribution in [-0.4, -0.2) is 24.0 Å². The van der Waals surface area contributed by atoms with Crippen LogP contribution < -0.4 is 15.5 Å². The summed E-state index contributed by atoms with van der Waals surface area (Å²) in [7, 11) is 0. The molecule has 3 aromatic carbocycles. The number of halogens is 2. The molecule has 0 fully saturated rings. The lowest BCUT2D eigenvalue weighted by molar-refractivity contribution is -0.136. The van der Waals surface area contributed by atoms with Crippen molar-refractivity contribution in [2.45, 2.75) is 0 Å². The van der Waals surface area contributed by atoms with Gasteiger partial charge in [-0.3, -0.25) is 9.59 Å². The largest absolute Gasteiger partial charge is 0.423 e. The monoisotopic (exact) mass is 483 g/mol. The summed E-state index contributed by atoms with van der Waals surface area (Å²) in [6, 6.07) is 18.2. The third kappa shape index (κ3) is 6.58. The van der Waals surface area contributed by atoms with E-state index in [2.05, 4.69) is 31.8 Å². The van der Waals surface area contributed by atoms with E-state index >= 15 is 0 Å². The molecule has 156 valence electrons. The number of carbonyl (C=O) groups is 3. The smallest absolute Gasteiger partial charge is 0.343 e. The van der Waals surface area contributed by atoms with Crippen molar-refractivity contribution < 1.29 is 23.5 Å². The van der Waals surface area contributed by atoms with Crippen molar-refractivity contribution in [3.63, 3.8) is 0 Å². The highest BCUT2D eigenvalue weighted by atomic mass is 79.9. The summed E-state index contributed by atoms with van der Waals surface area (Å²) < 4.78 is 18.9. The maximum absolute atomic E-state index is 12.9. The average Bonchev–Trinajstić information content (AvgIpc) is 2.76. The second-order valence-corrected chi connectivity index (χ2v) is 7.04. The van der Waals surface area contributed by atoms with Gasteiger partial charge in [0.15, 0.2) is 0 Å². The van der Waals surface area contributed by atoms with E-state index in [9.17, 15) is 18.8 Å². The van der Waals surface area contributed by atoms with Crippen molar-refractivity contribution in [2.24, 2.45) is 5.10 Å². The first kappa shape index (κ1) is 21.8. The lowest BCUT2D eigenvalue weighted by Gasteiger charge is -2.05.